The molecule has 2 aromatic carbocycles. The number of nitrogens with one attached hydrogen (secondary N) is 3. The molecule has 0 heterocycles. The summed E-state index contributed by atoms with van der Waals surface area (Å²) in [5.74, 6) is -2.90. The van der Waals surface area contributed by atoms with Crippen molar-refractivity contribution in [2.24, 2.45) is 5.92 Å². The smallest absolute Gasteiger partial charge is 0.407 e. The fraction of sp³-hybridized carbons (Fsp3) is 0.407. The summed E-state index contributed by atoms with van der Waals surface area (Å²) in [6.45, 7) is 4.43. The molecule has 0 aliphatic heterocycles. The number of hydrogen-bond donors (Lipinski definition) is 5. The van der Waals surface area contributed by atoms with Crippen LogP contribution in [0.25, 0.3) is 11.1 Å². The van der Waals surface area contributed by atoms with Crippen LogP contribution in [-0.2, 0) is 19.1 Å². The molecule has 0 spiro atoms. The number of fused-ring (bicyclic) bond motifs is 3. The Morgan fingerprint density at radius 3 is 1.89 bits per heavy atom. The predicted molar refractivity (Wildman–Crippen MR) is 136 cm³/mol. The highest BCUT2D eigenvalue weighted by Gasteiger charge is 2.31. The van der Waals surface area contributed by atoms with Gasteiger partial charge in [0.25, 0.3) is 0 Å². The van der Waals surface area contributed by atoms with Gasteiger partial charge in [0.2, 0.25) is 11.8 Å². The molecule has 198 valence electrons. The van der Waals surface area contributed by atoms with Crippen LogP contribution in [0.1, 0.15) is 44.2 Å². The molecular formula is C27H33N3O7. The zero-order chi connectivity index (χ0) is 27.1. The first-order valence-corrected chi connectivity index (χ1v) is 12.2. The Bertz CT molecular complexity index is 1100. The summed E-state index contributed by atoms with van der Waals surface area (Å²) in [6, 6.07) is 12.3. The summed E-state index contributed by atoms with van der Waals surface area (Å²) < 4.78 is 5.47. The summed E-state index contributed by atoms with van der Waals surface area (Å²) in [6.07, 6.45) is -0.548. The Labute approximate surface area is 215 Å². The third-order valence-corrected chi connectivity index (χ3v) is 6.21. The Balaban J connectivity index is 1.58. The number of aliphatic carboxylic acids is 1. The van der Waals surface area contributed by atoms with E-state index in [4.69, 9.17) is 9.84 Å². The van der Waals surface area contributed by atoms with Gasteiger partial charge in [-0.05, 0) is 41.5 Å². The fourth-order valence-corrected chi connectivity index (χ4v) is 4.34. The van der Waals surface area contributed by atoms with Crippen molar-refractivity contribution in [2.75, 3.05) is 13.2 Å². The van der Waals surface area contributed by atoms with E-state index >= 15 is 0 Å². The van der Waals surface area contributed by atoms with E-state index in [2.05, 4.69) is 16.0 Å². The molecule has 3 atom stereocenters. The molecule has 3 amide bonds. The second kappa shape index (κ2) is 12.4. The van der Waals surface area contributed by atoms with Crippen molar-refractivity contribution in [1.82, 2.24) is 16.0 Å². The van der Waals surface area contributed by atoms with Crippen molar-refractivity contribution < 1.29 is 34.1 Å². The number of carboxylic acid groups (broad SMARTS) is 1. The fourth-order valence-electron chi connectivity index (χ4n) is 4.34. The number of hydrogen-bond acceptors (Lipinski definition) is 6. The Kier molecular flexibility index (Phi) is 9.24. The lowest BCUT2D eigenvalue weighted by atomic mass is 9.98. The average Bonchev–Trinajstić information content (AvgIpc) is 3.18. The van der Waals surface area contributed by atoms with Crippen LogP contribution in [0.5, 0.6) is 0 Å². The molecule has 2 aromatic rings. The van der Waals surface area contributed by atoms with Gasteiger partial charge in [-0.3, -0.25) is 9.59 Å². The topological polar surface area (TPSA) is 154 Å². The minimum absolute atomic E-state index is 0.00106. The van der Waals surface area contributed by atoms with E-state index in [0.29, 0.717) is 0 Å². The minimum atomic E-state index is -1.49. The number of carbonyl (C=O) groups excluding carboxylic acids is 3. The van der Waals surface area contributed by atoms with Crippen molar-refractivity contribution in [3.8, 4) is 11.1 Å². The van der Waals surface area contributed by atoms with Crippen LogP contribution >= 0.6 is 0 Å². The third-order valence-electron chi connectivity index (χ3n) is 6.21. The van der Waals surface area contributed by atoms with Crippen molar-refractivity contribution in [3.05, 3.63) is 59.7 Å². The molecule has 0 fully saturated rings. The first kappa shape index (κ1) is 27.7. The molecular weight excluding hydrogens is 478 g/mol. The van der Waals surface area contributed by atoms with Gasteiger partial charge in [0.05, 0.1) is 6.61 Å². The van der Waals surface area contributed by atoms with Crippen molar-refractivity contribution in [3.63, 3.8) is 0 Å². The van der Waals surface area contributed by atoms with E-state index in [1.54, 1.807) is 0 Å². The third kappa shape index (κ3) is 6.85. The quantitative estimate of drug-likeness (QED) is 0.309. The maximum atomic E-state index is 12.7. The number of aliphatic hydroxyl groups excluding tert-OH is 1. The van der Waals surface area contributed by atoms with Gasteiger partial charge in [-0.25, -0.2) is 9.59 Å². The maximum absolute atomic E-state index is 12.7. The van der Waals surface area contributed by atoms with Crippen molar-refractivity contribution >= 4 is 23.9 Å². The molecule has 0 unspecified atom stereocenters. The average molecular weight is 512 g/mol. The van der Waals surface area contributed by atoms with E-state index in [0.717, 1.165) is 22.3 Å². The molecule has 0 saturated heterocycles. The van der Waals surface area contributed by atoms with Crippen LogP contribution in [0.2, 0.25) is 0 Å². The maximum Gasteiger partial charge on any atom is 0.407 e. The van der Waals surface area contributed by atoms with E-state index < -0.39 is 48.6 Å². The monoisotopic (exact) mass is 511 g/mol. The first-order chi connectivity index (χ1) is 17.6. The molecule has 0 radical (unpaired) electrons. The lowest BCUT2D eigenvalue weighted by molar-refractivity contribution is -0.143. The number of carbonyl (C=O) groups is 4. The molecule has 0 aromatic heterocycles. The lowest BCUT2D eigenvalue weighted by Gasteiger charge is -2.24. The molecule has 1 aliphatic carbocycles. The van der Waals surface area contributed by atoms with Crippen LogP contribution < -0.4 is 16.0 Å². The van der Waals surface area contributed by atoms with Gasteiger partial charge >= 0.3 is 12.1 Å². The SMILES string of the molecule is CC(C)C[C@H](NC(=O)[C@H](C)NC(=O)OCC1c2ccccc2-c2ccccc21)C(=O)N[C@@H](CO)C(=O)O. The predicted octanol–water partition coefficient (Wildman–Crippen LogP) is 2.01. The van der Waals surface area contributed by atoms with Crippen molar-refractivity contribution in [1.29, 1.82) is 0 Å². The largest absolute Gasteiger partial charge is 0.480 e. The van der Waals surface area contributed by atoms with Crippen molar-refractivity contribution in [2.45, 2.75) is 51.2 Å². The van der Waals surface area contributed by atoms with E-state index in [9.17, 15) is 24.3 Å². The second-order valence-electron chi connectivity index (χ2n) is 9.46. The second-order valence-corrected chi connectivity index (χ2v) is 9.46. The van der Waals surface area contributed by atoms with Gasteiger partial charge in [-0.1, -0.05) is 62.4 Å². The van der Waals surface area contributed by atoms with Gasteiger partial charge < -0.3 is 30.9 Å². The highest BCUT2D eigenvalue weighted by molar-refractivity contribution is 5.92. The van der Waals surface area contributed by atoms with Gasteiger partial charge in [0.1, 0.15) is 24.7 Å². The molecule has 0 saturated carbocycles. The minimum Gasteiger partial charge on any atom is -0.480 e. The zero-order valence-electron chi connectivity index (χ0n) is 21.1. The molecule has 37 heavy (non-hydrogen) atoms. The number of aliphatic hydroxyl groups is 1. The van der Waals surface area contributed by atoms with E-state index in [1.165, 1.54) is 6.92 Å². The highest BCUT2D eigenvalue weighted by Crippen LogP contribution is 2.44. The van der Waals surface area contributed by atoms with Crippen LogP contribution in [-0.4, -0.2) is 65.4 Å². The zero-order valence-corrected chi connectivity index (χ0v) is 21.1. The standard InChI is InChI=1S/C27H33N3O7/c1-15(2)12-22(25(33)30-23(13-31)26(34)35)29-24(32)16(3)28-27(36)37-14-21-19-10-6-4-8-17(19)18-9-5-7-11-20(18)21/h4-11,15-16,21-23,31H,12-14H2,1-3H3,(H,28,36)(H,29,32)(H,30,33)(H,34,35)/t16-,22-,23-/m0/s1. The lowest BCUT2D eigenvalue weighted by Crippen LogP contribution is -2.56. The number of carboxylic acids is 1. The van der Waals surface area contributed by atoms with Gasteiger partial charge in [-0.15, -0.1) is 0 Å². The Hall–Kier alpha value is -3.92. The molecule has 0 bridgehead atoms. The van der Waals surface area contributed by atoms with Crippen LogP contribution in [0.4, 0.5) is 4.79 Å². The first-order valence-electron chi connectivity index (χ1n) is 12.2. The number of alkyl carbamates (subject to hydrolysis) is 1. The molecule has 3 rings (SSSR count). The summed E-state index contributed by atoms with van der Waals surface area (Å²) in [5.41, 5.74) is 4.32. The van der Waals surface area contributed by atoms with Crippen LogP contribution in [0.15, 0.2) is 48.5 Å². The summed E-state index contributed by atoms with van der Waals surface area (Å²) in [5, 5.41) is 25.5. The van der Waals surface area contributed by atoms with E-state index in [-0.39, 0.29) is 24.9 Å². The number of ether oxygens (including phenoxy) is 1. The number of benzene rings is 2. The van der Waals surface area contributed by atoms with Gasteiger partial charge in [0.15, 0.2) is 0 Å². The Morgan fingerprint density at radius 1 is 0.838 bits per heavy atom. The molecule has 1 aliphatic rings. The van der Waals surface area contributed by atoms with E-state index in [1.807, 2.05) is 62.4 Å². The number of rotatable bonds is 11. The van der Waals surface area contributed by atoms with Crippen LogP contribution in [0.3, 0.4) is 0 Å². The summed E-state index contributed by atoms with van der Waals surface area (Å²) in [7, 11) is 0. The molecule has 10 heteroatoms. The summed E-state index contributed by atoms with van der Waals surface area (Å²) in [4.78, 5) is 48.9. The normalized spacial score (nSPS) is 14.6. The highest BCUT2D eigenvalue weighted by atomic mass is 16.5. The Morgan fingerprint density at radius 2 is 1.38 bits per heavy atom. The summed E-state index contributed by atoms with van der Waals surface area (Å²) >= 11 is 0. The van der Waals surface area contributed by atoms with Gasteiger partial charge in [0, 0.05) is 5.92 Å². The molecule has 10 nitrogen and oxygen atoms in total. The van der Waals surface area contributed by atoms with Crippen LogP contribution in [0, 0.1) is 5.92 Å². The number of amides is 3. The molecule has 5 N–H and O–H groups in total. The van der Waals surface area contributed by atoms with Gasteiger partial charge in [-0.2, -0.15) is 0 Å².